The second-order valence-electron chi connectivity index (χ2n) is 5.36. The van der Waals surface area contributed by atoms with Crippen LogP contribution in [0, 0.1) is 11.7 Å². The molecule has 0 heterocycles. The first kappa shape index (κ1) is 13.3. The number of rotatable bonds is 5. The molecule has 1 saturated carbocycles. The van der Waals surface area contributed by atoms with Crippen LogP contribution >= 0.6 is 0 Å². The number of benzene rings is 1. The van der Waals surface area contributed by atoms with E-state index >= 15 is 0 Å². The Labute approximate surface area is 109 Å². The maximum absolute atomic E-state index is 14.0. The summed E-state index contributed by atoms with van der Waals surface area (Å²) in [5, 5.41) is 3.13. The highest BCUT2D eigenvalue weighted by atomic mass is 19.1. The van der Waals surface area contributed by atoms with Crippen LogP contribution in [-0.4, -0.2) is 20.6 Å². The average molecular weight is 250 g/mol. The molecule has 100 valence electrons. The van der Waals surface area contributed by atoms with Crippen molar-refractivity contribution in [2.45, 2.75) is 32.2 Å². The molecule has 0 aliphatic heterocycles. The van der Waals surface area contributed by atoms with Crippen molar-refractivity contribution >= 4 is 5.69 Å². The molecular weight excluding hydrogens is 227 g/mol. The zero-order valence-corrected chi connectivity index (χ0v) is 11.5. The summed E-state index contributed by atoms with van der Waals surface area (Å²) in [5.74, 6) is 0.672. The number of nitrogens with one attached hydrogen (secondary N) is 1. The molecule has 2 rings (SSSR count). The molecule has 0 bridgehead atoms. The molecule has 1 N–H and O–H groups in total. The molecule has 0 radical (unpaired) electrons. The number of anilines is 1. The Morgan fingerprint density at radius 1 is 1.44 bits per heavy atom. The van der Waals surface area contributed by atoms with Gasteiger partial charge in [-0.15, -0.1) is 0 Å². The summed E-state index contributed by atoms with van der Waals surface area (Å²) >= 11 is 0. The lowest BCUT2D eigenvalue weighted by Gasteiger charge is -2.33. The fourth-order valence-electron chi connectivity index (χ4n) is 2.59. The first-order valence-electron chi connectivity index (χ1n) is 6.80. The second kappa shape index (κ2) is 5.70. The maximum Gasteiger partial charge on any atom is 0.130 e. The Kier molecular flexibility index (Phi) is 4.23. The fourth-order valence-corrected chi connectivity index (χ4v) is 2.59. The van der Waals surface area contributed by atoms with Crippen LogP contribution in [0.15, 0.2) is 18.2 Å². The van der Waals surface area contributed by atoms with Gasteiger partial charge in [-0.1, -0.05) is 12.5 Å². The summed E-state index contributed by atoms with van der Waals surface area (Å²) in [7, 11) is 3.94. The van der Waals surface area contributed by atoms with Crippen molar-refractivity contribution in [3.63, 3.8) is 0 Å². The fraction of sp³-hybridized carbons (Fsp3) is 0.600. The molecule has 3 heteroatoms. The van der Waals surface area contributed by atoms with E-state index < -0.39 is 0 Å². The molecule has 1 unspecified atom stereocenters. The highest BCUT2D eigenvalue weighted by molar-refractivity contribution is 5.55. The lowest BCUT2D eigenvalue weighted by Crippen LogP contribution is -2.31. The molecule has 18 heavy (non-hydrogen) atoms. The molecular formula is C15H23FN2. The molecule has 1 fully saturated rings. The predicted octanol–water partition coefficient (Wildman–Crippen LogP) is 3.34. The largest absolute Gasteiger partial charge is 0.374 e. The zero-order chi connectivity index (χ0) is 13.1. The van der Waals surface area contributed by atoms with E-state index in [1.807, 2.05) is 20.0 Å². The summed E-state index contributed by atoms with van der Waals surface area (Å²) in [6.07, 6.45) is 3.98. The van der Waals surface area contributed by atoms with E-state index in [2.05, 4.69) is 17.3 Å². The zero-order valence-electron chi connectivity index (χ0n) is 11.5. The number of hydrogen-bond acceptors (Lipinski definition) is 2. The summed E-state index contributed by atoms with van der Waals surface area (Å²) in [4.78, 5) is 2.20. The standard InChI is InChI=1S/C15H23FN2/c1-11(17-2)15-13(16)8-5-9-14(15)18(3)10-12-6-4-7-12/h5,8-9,11-12,17H,4,6-7,10H2,1-3H3. The van der Waals surface area contributed by atoms with Gasteiger partial charge in [-0.2, -0.15) is 0 Å². The highest BCUT2D eigenvalue weighted by Crippen LogP contribution is 2.32. The van der Waals surface area contributed by atoms with Crippen molar-refractivity contribution in [2.24, 2.45) is 5.92 Å². The summed E-state index contributed by atoms with van der Waals surface area (Å²) in [6, 6.07) is 5.40. The van der Waals surface area contributed by atoms with Crippen LogP contribution in [0.2, 0.25) is 0 Å². The average Bonchev–Trinajstić information content (AvgIpc) is 2.32. The van der Waals surface area contributed by atoms with Gasteiger partial charge in [0.1, 0.15) is 5.82 Å². The van der Waals surface area contributed by atoms with Crippen molar-refractivity contribution in [3.8, 4) is 0 Å². The van der Waals surface area contributed by atoms with Gasteiger partial charge >= 0.3 is 0 Å². The highest BCUT2D eigenvalue weighted by Gasteiger charge is 2.22. The first-order valence-corrected chi connectivity index (χ1v) is 6.80. The van der Waals surface area contributed by atoms with Crippen LogP contribution in [0.4, 0.5) is 10.1 Å². The van der Waals surface area contributed by atoms with Gasteiger partial charge in [0.05, 0.1) is 0 Å². The van der Waals surface area contributed by atoms with Crippen molar-refractivity contribution in [2.75, 3.05) is 25.5 Å². The third-order valence-electron chi connectivity index (χ3n) is 4.06. The molecule has 0 aromatic heterocycles. The van der Waals surface area contributed by atoms with Crippen LogP contribution in [0.3, 0.4) is 0 Å². The SMILES string of the molecule is CNC(C)c1c(F)cccc1N(C)CC1CCC1. The van der Waals surface area contributed by atoms with Crippen LogP contribution < -0.4 is 10.2 Å². The second-order valence-corrected chi connectivity index (χ2v) is 5.36. The Morgan fingerprint density at radius 3 is 2.72 bits per heavy atom. The number of halogens is 1. The molecule has 1 aliphatic carbocycles. The topological polar surface area (TPSA) is 15.3 Å². The van der Waals surface area contributed by atoms with Gasteiger partial charge in [0.2, 0.25) is 0 Å². The number of hydrogen-bond donors (Lipinski definition) is 1. The Bertz CT molecular complexity index is 401. The molecule has 0 amide bonds. The van der Waals surface area contributed by atoms with E-state index in [1.54, 1.807) is 12.1 Å². The van der Waals surface area contributed by atoms with Crippen LogP contribution in [0.5, 0.6) is 0 Å². The minimum Gasteiger partial charge on any atom is -0.374 e. The lowest BCUT2D eigenvalue weighted by molar-refractivity contribution is 0.321. The molecule has 1 aromatic rings. The summed E-state index contributed by atoms with van der Waals surface area (Å²) < 4.78 is 14.0. The molecule has 1 aliphatic rings. The van der Waals surface area contributed by atoms with Gasteiger partial charge in [-0.25, -0.2) is 4.39 Å². The first-order chi connectivity index (χ1) is 8.63. The Morgan fingerprint density at radius 2 is 2.17 bits per heavy atom. The quantitative estimate of drug-likeness (QED) is 0.862. The third-order valence-corrected chi connectivity index (χ3v) is 4.06. The van der Waals surface area contributed by atoms with E-state index in [9.17, 15) is 4.39 Å². The van der Waals surface area contributed by atoms with Gasteiger partial charge in [-0.05, 0) is 44.9 Å². The minimum atomic E-state index is -0.116. The molecule has 0 saturated heterocycles. The normalized spacial score (nSPS) is 17.3. The predicted molar refractivity (Wildman–Crippen MR) is 74.5 cm³/mol. The third kappa shape index (κ3) is 2.66. The van der Waals surface area contributed by atoms with E-state index in [4.69, 9.17) is 0 Å². The van der Waals surface area contributed by atoms with Crippen molar-refractivity contribution < 1.29 is 4.39 Å². The van der Waals surface area contributed by atoms with Gasteiger partial charge < -0.3 is 10.2 Å². The van der Waals surface area contributed by atoms with Crippen LogP contribution in [0.1, 0.15) is 37.8 Å². The molecule has 1 atom stereocenters. The Hall–Kier alpha value is -1.09. The van der Waals surface area contributed by atoms with E-state index in [1.165, 1.54) is 19.3 Å². The molecule has 2 nitrogen and oxygen atoms in total. The van der Waals surface area contributed by atoms with Gasteiger partial charge in [0.15, 0.2) is 0 Å². The Balaban J connectivity index is 2.21. The lowest BCUT2D eigenvalue weighted by atomic mass is 9.85. The van der Waals surface area contributed by atoms with E-state index in [-0.39, 0.29) is 11.9 Å². The van der Waals surface area contributed by atoms with E-state index in [0.717, 1.165) is 23.7 Å². The summed E-state index contributed by atoms with van der Waals surface area (Å²) in [5.41, 5.74) is 1.80. The van der Waals surface area contributed by atoms with Crippen molar-refractivity contribution in [1.82, 2.24) is 5.32 Å². The van der Waals surface area contributed by atoms with Crippen molar-refractivity contribution in [3.05, 3.63) is 29.6 Å². The molecule has 1 aromatic carbocycles. The summed E-state index contributed by atoms with van der Waals surface area (Å²) in [6.45, 7) is 3.03. The number of nitrogens with zero attached hydrogens (tertiary/aromatic N) is 1. The van der Waals surface area contributed by atoms with Crippen LogP contribution in [0.25, 0.3) is 0 Å². The minimum absolute atomic E-state index is 0.0324. The van der Waals surface area contributed by atoms with Crippen LogP contribution in [-0.2, 0) is 0 Å². The van der Waals surface area contributed by atoms with Gasteiger partial charge in [-0.3, -0.25) is 0 Å². The smallest absolute Gasteiger partial charge is 0.130 e. The van der Waals surface area contributed by atoms with Crippen molar-refractivity contribution in [1.29, 1.82) is 0 Å². The molecule has 0 spiro atoms. The van der Waals surface area contributed by atoms with Gasteiger partial charge in [0, 0.05) is 30.9 Å². The monoisotopic (exact) mass is 250 g/mol. The van der Waals surface area contributed by atoms with Gasteiger partial charge in [0.25, 0.3) is 0 Å². The maximum atomic E-state index is 14.0. The van der Waals surface area contributed by atoms with E-state index in [0.29, 0.717) is 0 Å².